The standard InChI is InChI=1S/C19H16N2O3S2/c22-15-8-4-7-14(12-15)20-17(23)9-10-21-18(24)16(26-19(21)25)11-13-5-2-1-3-6-13/h1-8,11-12,22H,9-10H2,(H,20,23). The highest BCUT2D eigenvalue weighted by Gasteiger charge is 2.32. The Kier molecular flexibility index (Phi) is 5.70. The highest BCUT2D eigenvalue weighted by atomic mass is 32.2. The summed E-state index contributed by atoms with van der Waals surface area (Å²) in [5.74, 6) is -0.364. The van der Waals surface area contributed by atoms with E-state index in [1.165, 1.54) is 28.8 Å². The highest BCUT2D eigenvalue weighted by Crippen LogP contribution is 2.32. The molecule has 7 heteroatoms. The molecule has 1 fully saturated rings. The number of carbonyl (C=O) groups excluding carboxylic acids is 2. The van der Waals surface area contributed by atoms with Crippen LogP contribution in [0.15, 0.2) is 59.5 Å². The lowest BCUT2D eigenvalue weighted by molar-refractivity contribution is -0.122. The smallest absolute Gasteiger partial charge is 0.266 e. The molecule has 2 aromatic rings. The van der Waals surface area contributed by atoms with Gasteiger partial charge in [0, 0.05) is 24.7 Å². The fourth-order valence-electron chi connectivity index (χ4n) is 2.41. The van der Waals surface area contributed by atoms with Gasteiger partial charge in [-0.05, 0) is 23.8 Å². The Labute approximate surface area is 160 Å². The van der Waals surface area contributed by atoms with E-state index in [1.807, 2.05) is 30.3 Å². The van der Waals surface area contributed by atoms with Crippen molar-refractivity contribution >= 4 is 51.9 Å². The van der Waals surface area contributed by atoms with Crippen LogP contribution in [-0.4, -0.2) is 32.7 Å². The summed E-state index contributed by atoms with van der Waals surface area (Å²) >= 11 is 6.51. The normalized spacial score (nSPS) is 15.5. The van der Waals surface area contributed by atoms with Gasteiger partial charge in [-0.1, -0.05) is 60.4 Å². The zero-order chi connectivity index (χ0) is 18.5. The Morgan fingerprint density at radius 3 is 2.69 bits per heavy atom. The number of benzene rings is 2. The third-order valence-electron chi connectivity index (χ3n) is 3.66. The number of rotatable bonds is 5. The van der Waals surface area contributed by atoms with E-state index in [0.29, 0.717) is 14.9 Å². The molecule has 1 heterocycles. The maximum absolute atomic E-state index is 12.5. The van der Waals surface area contributed by atoms with E-state index < -0.39 is 0 Å². The number of nitrogens with zero attached hydrogens (tertiary/aromatic N) is 1. The number of thioether (sulfide) groups is 1. The first-order valence-corrected chi connectivity index (χ1v) is 9.15. The van der Waals surface area contributed by atoms with Crippen molar-refractivity contribution in [3.05, 3.63) is 65.1 Å². The number of carbonyl (C=O) groups is 2. The second-order valence-corrected chi connectivity index (χ2v) is 7.27. The molecule has 3 rings (SSSR count). The quantitative estimate of drug-likeness (QED) is 0.609. The van der Waals surface area contributed by atoms with E-state index >= 15 is 0 Å². The van der Waals surface area contributed by atoms with Crippen LogP contribution in [0.1, 0.15) is 12.0 Å². The second-order valence-electron chi connectivity index (χ2n) is 5.59. The molecule has 1 saturated heterocycles. The number of anilines is 1. The van der Waals surface area contributed by atoms with Crippen molar-refractivity contribution in [1.29, 1.82) is 0 Å². The SMILES string of the molecule is O=C(CCN1C(=O)C(=Cc2ccccc2)SC1=S)Nc1cccc(O)c1. The minimum atomic E-state index is -0.253. The minimum Gasteiger partial charge on any atom is -0.508 e. The molecule has 0 aromatic heterocycles. The van der Waals surface area contributed by atoms with Gasteiger partial charge in [0.1, 0.15) is 10.1 Å². The van der Waals surface area contributed by atoms with E-state index in [9.17, 15) is 14.7 Å². The van der Waals surface area contributed by atoms with Gasteiger partial charge in [0.15, 0.2) is 0 Å². The first-order chi connectivity index (χ1) is 12.5. The predicted molar refractivity (Wildman–Crippen MR) is 108 cm³/mol. The first kappa shape index (κ1) is 18.2. The van der Waals surface area contributed by atoms with Crippen molar-refractivity contribution in [2.45, 2.75) is 6.42 Å². The number of hydrogen-bond acceptors (Lipinski definition) is 5. The fourth-order valence-corrected chi connectivity index (χ4v) is 3.72. The Morgan fingerprint density at radius 1 is 1.19 bits per heavy atom. The third kappa shape index (κ3) is 4.50. The Morgan fingerprint density at radius 2 is 1.96 bits per heavy atom. The van der Waals surface area contributed by atoms with Gasteiger partial charge in [0.25, 0.3) is 5.91 Å². The lowest BCUT2D eigenvalue weighted by atomic mass is 10.2. The van der Waals surface area contributed by atoms with Gasteiger partial charge < -0.3 is 10.4 Å². The molecule has 0 bridgehead atoms. The lowest BCUT2D eigenvalue weighted by Crippen LogP contribution is -2.31. The van der Waals surface area contributed by atoms with Gasteiger partial charge in [0.05, 0.1) is 4.91 Å². The zero-order valence-electron chi connectivity index (χ0n) is 13.7. The molecule has 26 heavy (non-hydrogen) atoms. The summed E-state index contributed by atoms with van der Waals surface area (Å²) < 4.78 is 0.447. The van der Waals surface area contributed by atoms with Crippen molar-refractivity contribution < 1.29 is 14.7 Å². The van der Waals surface area contributed by atoms with Gasteiger partial charge in [-0.15, -0.1) is 0 Å². The minimum absolute atomic E-state index is 0.0748. The molecule has 2 amide bonds. The number of amides is 2. The maximum Gasteiger partial charge on any atom is 0.266 e. The van der Waals surface area contributed by atoms with Gasteiger partial charge in [-0.2, -0.15) is 0 Å². The number of hydrogen-bond donors (Lipinski definition) is 2. The molecule has 1 aliphatic rings. The fraction of sp³-hybridized carbons (Fsp3) is 0.105. The summed E-state index contributed by atoms with van der Waals surface area (Å²) in [6, 6.07) is 15.8. The van der Waals surface area contributed by atoms with Crippen molar-refractivity contribution in [3.8, 4) is 5.75 Å². The van der Waals surface area contributed by atoms with Crippen LogP contribution in [-0.2, 0) is 9.59 Å². The maximum atomic E-state index is 12.5. The summed E-state index contributed by atoms with van der Waals surface area (Å²) in [5.41, 5.74) is 1.43. The number of nitrogens with one attached hydrogen (secondary N) is 1. The number of aromatic hydroxyl groups is 1. The molecule has 132 valence electrons. The predicted octanol–water partition coefficient (Wildman–Crippen LogP) is 3.62. The molecule has 0 aliphatic carbocycles. The van der Waals surface area contributed by atoms with Crippen LogP contribution in [0.5, 0.6) is 5.75 Å². The van der Waals surface area contributed by atoms with E-state index in [-0.39, 0.29) is 30.5 Å². The van der Waals surface area contributed by atoms with Crippen molar-refractivity contribution in [1.82, 2.24) is 4.90 Å². The van der Waals surface area contributed by atoms with Gasteiger partial charge >= 0.3 is 0 Å². The van der Waals surface area contributed by atoms with Crippen LogP contribution in [0.3, 0.4) is 0 Å². The average molecular weight is 384 g/mol. The average Bonchev–Trinajstić information content (AvgIpc) is 2.87. The second kappa shape index (κ2) is 8.16. The van der Waals surface area contributed by atoms with Crippen LogP contribution < -0.4 is 5.32 Å². The highest BCUT2D eigenvalue weighted by molar-refractivity contribution is 8.26. The van der Waals surface area contributed by atoms with E-state index in [4.69, 9.17) is 12.2 Å². The Balaban J connectivity index is 1.59. The summed E-state index contributed by atoms with van der Waals surface area (Å²) in [6.07, 6.45) is 1.91. The van der Waals surface area contributed by atoms with Gasteiger partial charge in [-0.3, -0.25) is 14.5 Å². The molecule has 2 N–H and O–H groups in total. The monoisotopic (exact) mass is 384 g/mol. The van der Waals surface area contributed by atoms with Crippen LogP contribution in [0, 0.1) is 0 Å². The molecule has 1 aliphatic heterocycles. The molecular weight excluding hydrogens is 368 g/mol. The Bertz CT molecular complexity index is 881. The molecule has 0 radical (unpaired) electrons. The summed E-state index contributed by atoms with van der Waals surface area (Å²) in [5, 5.41) is 12.1. The number of thiocarbonyl (C=S) groups is 1. The molecule has 0 unspecified atom stereocenters. The first-order valence-electron chi connectivity index (χ1n) is 7.92. The molecule has 5 nitrogen and oxygen atoms in total. The molecule has 0 spiro atoms. The third-order valence-corrected chi connectivity index (χ3v) is 5.04. The molecule has 0 atom stereocenters. The lowest BCUT2D eigenvalue weighted by Gasteiger charge is -2.14. The van der Waals surface area contributed by atoms with E-state index in [1.54, 1.807) is 18.2 Å². The summed E-state index contributed by atoms with van der Waals surface area (Å²) in [6.45, 7) is 0.210. The van der Waals surface area contributed by atoms with Crippen LogP contribution >= 0.6 is 24.0 Å². The summed E-state index contributed by atoms with van der Waals surface area (Å²) in [7, 11) is 0. The van der Waals surface area contributed by atoms with E-state index in [2.05, 4.69) is 5.32 Å². The van der Waals surface area contributed by atoms with Crippen LogP contribution in [0.2, 0.25) is 0 Å². The number of phenols is 1. The van der Waals surface area contributed by atoms with Crippen molar-refractivity contribution in [2.75, 3.05) is 11.9 Å². The molecular formula is C19H16N2O3S2. The van der Waals surface area contributed by atoms with Crippen molar-refractivity contribution in [2.24, 2.45) is 0 Å². The zero-order valence-corrected chi connectivity index (χ0v) is 15.3. The molecule has 2 aromatic carbocycles. The largest absolute Gasteiger partial charge is 0.508 e. The summed E-state index contributed by atoms with van der Waals surface area (Å²) in [4.78, 5) is 26.6. The van der Waals surface area contributed by atoms with E-state index in [0.717, 1.165) is 5.56 Å². The van der Waals surface area contributed by atoms with Crippen LogP contribution in [0.25, 0.3) is 6.08 Å². The number of phenolic OH excluding ortho intramolecular Hbond substituents is 1. The molecule has 0 saturated carbocycles. The Hall–Kier alpha value is -2.64. The topological polar surface area (TPSA) is 69.6 Å². The van der Waals surface area contributed by atoms with Gasteiger partial charge in [-0.25, -0.2) is 0 Å². The van der Waals surface area contributed by atoms with Crippen LogP contribution in [0.4, 0.5) is 5.69 Å². The van der Waals surface area contributed by atoms with Gasteiger partial charge in [0.2, 0.25) is 5.91 Å². The van der Waals surface area contributed by atoms with Crippen molar-refractivity contribution in [3.63, 3.8) is 0 Å².